The first kappa shape index (κ1) is 33.4. The third-order valence-electron chi connectivity index (χ3n) is 7.02. The number of hydrogen-bond acceptors (Lipinski definition) is 6. The van der Waals surface area contributed by atoms with Crippen LogP contribution in [0.2, 0.25) is 0 Å². The number of alkyl halides is 1. The van der Waals surface area contributed by atoms with Crippen molar-refractivity contribution in [1.82, 2.24) is 5.06 Å². The maximum atomic E-state index is 14.2. The summed E-state index contributed by atoms with van der Waals surface area (Å²) in [5.74, 6) is -0.927. The second kappa shape index (κ2) is 16.5. The van der Waals surface area contributed by atoms with Crippen LogP contribution in [0.1, 0.15) is 85.3 Å². The molecule has 0 saturated carbocycles. The molecule has 0 radical (unpaired) electrons. The molecule has 1 amide bonds. The molecule has 0 fully saturated rings. The van der Waals surface area contributed by atoms with Gasteiger partial charge >= 0.3 is 0 Å². The van der Waals surface area contributed by atoms with Crippen molar-refractivity contribution in [3.05, 3.63) is 70.8 Å². The number of carbonyl (C=O) groups excluding carboxylic acids is 1. The largest absolute Gasteiger partial charge is 0.285 e. The third-order valence-corrected chi connectivity index (χ3v) is 8.78. The average Bonchev–Trinajstić information content (AvgIpc) is 2.94. The molecule has 1 N–H and O–H groups in total. The van der Waals surface area contributed by atoms with E-state index in [0.717, 1.165) is 41.6 Å². The first-order valence-electron chi connectivity index (χ1n) is 13.5. The molecule has 2 aromatic carbocycles. The van der Waals surface area contributed by atoms with Crippen LogP contribution in [0.5, 0.6) is 0 Å². The van der Waals surface area contributed by atoms with Crippen molar-refractivity contribution in [2.45, 2.75) is 75.4 Å². The van der Waals surface area contributed by atoms with Gasteiger partial charge in [-0.3, -0.25) is 14.2 Å². The van der Waals surface area contributed by atoms with Gasteiger partial charge in [0.1, 0.15) is 5.25 Å². The molecule has 0 bridgehead atoms. The number of hydroxylamine groups is 2. The summed E-state index contributed by atoms with van der Waals surface area (Å²) in [6, 6.07) is 15.9. The van der Waals surface area contributed by atoms with E-state index in [4.69, 9.17) is 4.84 Å². The summed E-state index contributed by atoms with van der Waals surface area (Å²) in [5, 5.41) is 20.3. The highest BCUT2D eigenvalue weighted by Gasteiger charge is 2.57. The van der Waals surface area contributed by atoms with Gasteiger partial charge in [0.15, 0.2) is 5.41 Å². The molecule has 0 aliphatic rings. The average molecular weight is 633 g/mol. The molecular weight excluding hydrogens is 594 g/mol. The first-order chi connectivity index (χ1) is 19.2. The monoisotopic (exact) mass is 631 g/mol. The van der Waals surface area contributed by atoms with E-state index in [2.05, 4.69) is 15.9 Å². The molecule has 2 rings (SSSR count). The number of aryl methyl sites for hydroxylation is 1. The highest BCUT2D eigenvalue weighted by molar-refractivity contribution is 9.09. The number of benzene rings is 2. The summed E-state index contributed by atoms with van der Waals surface area (Å²) in [6.07, 6.45) is 9.45. The molecule has 2 atom stereocenters. The number of carbonyl (C=O) groups is 1. The van der Waals surface area contributed by atoms with Gasteiger partial charge in [0.2, 0.25) is 0 Å². The summed E-state index contributed by atoms with van der Waals surface area (Å²) < 4.78 is 36.5. The van der Waals surface area contributed by atoms with Gasteiger partial charge in [0, 0.05) is 11.9 Å². The third kappa shape index (κ3) is 8.62. The van der Waals surface area contributed by atoms with Crippen LogP contribution in [0.15, 0.2) is 48.5 Å². The summed E-state index contributed by atoms with van der Waals surface area (Å²) in [7, 11) is -3.80. The van der Waals surface area contributed by atoms with Crippen molar-refractivity contribution in [3.8, 4) is 12.1 Å². The van der Waals surface area contributed by atoms with Crippen molar-refractivity contribution in [3.63, 3.8) is 0 Å². The fourth-order valence-electron chi connectivity index (χ4n) is 4.88. The lowest BCUT2D eigenvalue weighted by molar-refractivity contribution is -0.181. The maximum absolute atomic E-state index is 14.2. The van der Waals surface area contributed by atoms with Gasteiger partial charge in [-0.15, -0.1) is 0 Å². The Hall–Kier alpha value is -2.76. The van der Waals surface area contributed by atoms with E-state index in [9.17, 15) is 28.3 Å². The van der Waals surface area contributed by atoms with Crippen molar-refractivity contribution in [1.29, 1.82) is 10.5 Å². The van der Waals surface area contributed by atoms with Gasteiger partial charge < -0.3 is 0 Å². The van der Waals surface area contributed by atoms with Crippen molar-refractivity contribution in [2.24, 2.45) is 0 Å². The molecule has 0 saturated heterocycles. The zero-order valence-corrected chi connectivity index (χ0v) is 25.6. The van der Waals surface area contributed by atoms with Crippen LogP contribution in [-0.2, 0) is 25.2 Å². The Morgan fingerprint density at radius 1 is 0.975 bits per heavy atom. The first-order valence-corrected chi connectivity index (χ1v) is 16.2. The van der Waals surface area contributed by atoms with E-state index in [1.807, 2.05) is 19.1 Å². The Morgan fingerprint density at radius 3 is 2.02 bits per heavy atom. The van der Waals surface area contributed by atoms with Crippen molar-refractivity contribution in [2.75, 3.05) is 19.0 Å². The van der Waals surface area contributed by atoms with E-state index in [1.54, 1.807) is 12.1 Å². The van der Waals surface area contributed by atoms with E-state index in [1.165, 1.54) is 69.2 Å². The Labute approximate surface area is 246 Å². The van der Waals surface area contributed by atoms with Gasteiger partial charge in [-0.1, -0.05) is 109 Å². The van der Waals surface area contributed by atoms with Gasteiger partial charge in [-0.05, 0) is 37.0 Å². The Balaban J connectivity index is 2.39. The van der Waals surface area contributed by atoms with Crippen LogP contribution >= 0.6 is 15.9 Å². The van der Waals surface area contributed by atoms with Crippen LogP contribution in [0, 0.1) is 29.6 Å². The second-order valence-corrected chi connectivity index (χ2v) is 12.1. The fraction of sp³-hybridized carbons (Fsp3) is 0.500. The minimum absolute atomic E-state index is 0.0687. The Kier molecular flexibility index (Phi) is 13.8. The zero-order chi connectivity index (χ0) is 29.6. The number of nitriles is 2. The summed E-state index contributed by atoms with van der Waals surface area (Å²) in [5.41, 5.74) is -1.74. The molecule has 8 nitrogen and oxygen atoms in total. The molecule has 40 heavy (non-hydrogen) atoms. The Morgan fingerprint density at radius 2 is 1.52 bits per heavy atom. The summed E-state index contributed by atoms with van der Waals surface area (Å²) in [6.45, 7) is 1.95. The molecule has 0 aromatic heterocycles. The lowest BCUT2D eigenvalue weighted by Gasteiger charge is -2.36. The topological polar surface area (TPSA) is 131 Å². The standard InChI is InChI=1S/C30H38BrN3O5S/c1-24-16-18-26(19-17-24)30(23-33,28(40(36,37)38)27-15-11-10-14-25(27)22-32)29(35)34(39-2)21-13-9-7-5-3-4-6-8-12-20-31/h10-11,14-19,28H,3-9,12-13,20-21H2,1-2H3,(H,36,37,38). The Bertz CT molecular complexity index is 1290. The molecule has 0 heterocycles. The normalized spacial score (nSPS) is 13.6. The zero-order valence-electron chi connectivity index (χ0n) is 23.2. The predicted molar refractivity (Wildman–Crippen MR) is 158 cm³/mol. The van der Waals surface area contributed by atoms with Crippen LogP contribution in [0.3, 0.4) is 0 Å². The van der Waals surface area contributed by atoms with E-state index in [0.29, 0.717) is 6.42 Å². The number of unbranched alkanes of at least 4 members (excludes halogenated alkanes) is 8. The lowest BCUT2D eigenvalue weighted by atomic mass is 9.74. The highest BCUT2D eigenvalue weighted by atomic mass is 79.9. The van der Waals surface area contributed by atoms with Crippen LogP contribution < -0.4 is 0 Å². The highest BCUT2D eigenvalue weighted by Crippen LogP contribution is 2.45. The summed E-state index contributed by atoms with van der Waals surface area (Å²) in [4.78, 5) is 19.6. The molecule has 10 heteroatoms. The minimum Gasteiger partial charge on any atom is -0.285 e. The van der Waals surface area contributed by atoms with Gasteiger partial charge in [0.05, 0.1) is 24.8 Å². The molecule has 0 aliphatic heterocycles. The maximum Gasteiger partial charge on any atom is 0.274 e. The molecule has 2 unspecified atom stereocenters. The summed E-state index contributed by atoms with van der Waals surface area (Å²) >= 11 is 3.45. The van der Waals surface area contributed by atoms with Crippen LogP contribution in [0.4, 0.5) is 0 Å². The smallest absolute Gasteiger partial charge is 0.274 e. The van der Waals surface area contributed by atoms with Gasteiger partial charge in [-0.25, -0.2) is 5.06 Å². The number of amides is 1. The second-order valence-electron chi connectivity index (χ2n) is 9.84. The molecule has 216 valence electrons. The van der Waals surface area contributed by atoms with Gasteiger partial charge in [-0.2, -0.15) is 18.9 Å². The number of hydrogen-bond donors (Lipinski definition) is 1. The van der Waals surface area contributed by atoms with Crippen LogP contribution in [-0.4, -0.2) is 42.9 Å². The quantitative estimate of drug-likeness (QED) is 0.0905. The van der Waals surface area contributed by atoms with E-state index >= 15 is 0 Å². The number of halogens is 1. The number of nitrogens with zero attached hydrogens (tertiary/aromatic N) is 3. The van der Waals surface area contributed by atoms with Crippen molar-refractivity contribution < 1.29 is 22.6 Å². The predicted octanol–water partition coefficient (Wildman–Crippen LogP) is 6.55. The number of rotatable bonds is 17. The van der Waals surface area contributed by atoms with Gasteiger partial charge in [0.25, 0.3) is 16.0 Å². The SMILES string of the molecule is CON(CCCCCCCCCCCBr)C(=O)C(C#N)(c1ccc(C)cc1)C(c1ccccc1C#N)S(=O)(=O)O. The van der Waals surface area contributed by atoms with E-state index in [-0.39, 0.29) is 23.2 Å². The van der Waals surface area contributed by atoms with Crippen LogP contribution in [0.25, 0.3) is 0 Å². The molecular formula is C30H38BrN3O5S. The minimum atomic E-state index is -5.09. The lowest BCUT2D eigenvalue weighted by Crippen LogP contribution is -2.51. The van der Waals surface area contributed by atoms with E-state index < -0.39 is 26.7 Å². The molecule has 0 spiro atoms. The molecule has 0 aliphatic carbocycles. The van der Waals surface area contributed by atoms with Crippen molar-refractivity contribution >= 4 is 32.0 Å². The fourth-order valence-corrected chi connectivity index (χ4v) is 6.54. The molecule has 2 aromatic rings.